The molecule has 0 bridgehead atoms. The number of ether oxygens (including phenoxy) is 1. The maximum Gasteiger partial charge on any atom is 0.407 e. The number of nitrogens with zero attached hydrogens (tertiary/aromatic N) is 5. The van der Waals surface area contributed by atoms with Crippen molar-refractivity contribution in [2.45, 2.75) is 66.2 Å². The molecule has 0 radical (unpaired) electrons. The summed E-state index contributed by atoms with van der Waals surface area (Å²) in [7, 11) is 3.89. The van der Waals surface area contributed by atoms with Crippen LogP contribution in [-0.2, 0) is 18.3 Å². The minimum absolute atomic E-state index is 0. The summed E-state index contributed by atoms with van der Waals surface area (Å²) < 4.78 is 7.24. The third-order valence-electron chi connectivity index (χ3n) is 4.15. The van der Waals surface area contributed by atoms with Gasteiger partial charge in [0.2, 0.25) is 0 Å². The average molecular weight is 523 g/mol. The first-order chi connectivity index (χ1) is 13.0. The third kappa shape index (κ3) is 10.7. The number of hydrogen-bond acceptors (Lipinski definition) is 5. The van der Waals surface area contributed by atoms with Crippen molar-refractivity contribution in [3.8, 4) is 0 Å². The van der Waals surface area contributed by atoms with Crippen molar-refractivity contribution in [2.75, 3.05) is 20.1 Å². The lowest BCUT2D eigenvalue weighted by molar-refractivity contribution is 0.0486. The smallest absolute Gasteiger partial charge is 0.407 e. The number of aryl methyl sites for hydroxylation is 1. The summed E-state index contributed by atoms with van der Waals surface area (Å²) >= 11 is 0. The highest BCUT2D eigenvalue weighted by atomic mass is 127. The van der Waals surface area contributed by atoms with Gasteiger partial charge in [0.25, 0.3) is 0 Å². The van der Waals surface area contributed by atoms with Crippen molar-refractivity contribution in [1.82, 2.24) is 30.3 Å². The molecule has 0 saturated carbocycles. The van der Waals surface area contributed by atoms with E-state index in [1.807, 2.05) is 46.4 Å². The maximum atomic E-state index is 12.1. The molecule has 0 aromatic carbocycles. The van der Waals surface area contributed by atoms with Crippen LogP contribution in [0.25, 0.3) is 0 Å². The Morgan fingerprint density at radius 2 is 2.03 bits per heavy atom. The number of carbonyl (C=O) groups is 1. The van der Waals surface area contributed by atoms with Gasteiger partial charge in [0.1, 0.15) is 18.5 Å². The summed E-state index contributed by atoms with van der Waals surface area (Å²) in [5.41, 5.74) is -0.507. The van der Waals surface area contributed by atoms with E-state index in [9.17, 15) is 4.79 Å². The molecule has 1 amide bonds. The standard InChI is InChI=1S/C19H37N7O2.HI/c1-9-20-17(21-12-16-24-22-13-26(16)8)25(7)11-10-15(14(2)3)23-18(27)28-19(4,5)6;/h13-15H,9-12H2,1-8H3,(H,20,21)(H,23,27);1H. The van der Waals surface area contributed by atoms with Gasteiger partial charge in [0.15, 0.2) is 11.8 Å². The second-order valence-electron chi connectivity index (χ2n) is 8.24. The normalized spacial score (nSPS) is 12.9. The van der Waals surface area contributed by atoms with E-state index >= 15 is 0 Å². The molecule has 0 aliphatic carbocycles. The first kappa shape index (κ1) is 27.4. The Labute approximate surface area is 192 Å². The number of hydrogen-bond donors (Lipinski definition) is 2. The van der Waals surface area contributed by atoms with Crippen molar-refractivity contribution in [1.29, 1.82) is 0 Å². The molecular formula is C19H38IN7O2. The number of alkyl carbamates (subject to hydrolysis) is 1. The number of aliphatic imine (C=N–C) groups is 1. The summed E-state index contributed by atoms with van der Waals surface area (Å²) in [6.45, 7) is 13.8. The molecule has 168 valence electrons. The molecule has 1 rings (SSSR count). The van der Waals surface area contributed by atoms with E-state index in [1.54, 1.807) is 6.33 Å². The van der Waals surface area contributed by atoms with Crippen molar-refractivity contribution >= 4 is 36.0 Å². The zero-order valence-electron chi connectivity index (χ0n) is 19.0. The van der Waals surface area contributed by atoms with Crippen LogP contribution in [0.4, 0.5) is 4.79 Å². The van der Waals surface area contributed by atoms with Crippen LogP contribution < -0.4 is 10.6 Å². The number of amides is 1. The highest BCUT2D eigenvalue weighted by molar-refractivity contribution is 14.0. The molecule has 1 atom stereocenters. The Hall–Kier alpha value is -1.59. The molecule has 1 aromatic rings. The zero-order valence-corrected chi connectivity index (χ0v) is 21.4. The van der Waals surface area contributed by atoms with Crippen LogP contribution in [0.5, 0.6) is 0 Å². The molecule has 1 heterocycles. The molecule has 29 heavy (non-hydrogen) atoms. The second kappa shape index (κ2) is 12.9. The first-order valence-corrected chi connectivity index (χ1v) is 9.85. The largest absolute Gasteiger partial charge is 0.444 e. The van der Waals surface area contributed by atoms with Gasteiger partial charge in [-0.1, -0.05) is 13.8 Å². The number of rotatable bonds is 8. The van der Waals surface area contributed by atoms with Gasteiger partial charge in [0, 0.05) is 33.2 Å². The van der Waals surface area contributed by atoms with Crippen LogP contribution >= 0.6 is 24.0 Å². The van der Waals surface area contributed by atoms with Gasteiger partial charge in [-0.2, -0.15) is 0 Å². The predicted octanol–water partition coefficient (Wildman–Crippen LogP) is 2.77. The molecule has 10 heteroatoms. The zero-order chi connectivity index (χ0) is 21.3. The van der Waals surface area contributed by atoms with E-state index < -0.39 is 5.60 Å². The lowest BCUT2D eigenvalue weighted by Gasteiger charge is -2.28. The number of guanidine groups is 1. The summed E-state index contributed by atoms with van der Waals surface area (Å²) in [5, 5.41) is 14.2. The molecule has 9 nitrogen and oxygen atoms in total. The minimum atomic E-state index is -0.507. The fraction of sp³-hybridized carbons (Fsp3) is 0.789. The van der Waals surface area contributed by atoms with Crippen LogP contribution in [0, 0.1) is 5.92 Å². The van der Waals surface area contributed by atoms with Gasteiger partial charge in [-0.15, -0.1) is 34.2 Å². The Morgan fingerprint density at radius 3 is 2.52 bits per heavy atom. The van der Waals surface area contributed by atoms with Crippen LogP contribution in [-0.4, -0.2) is 63.5 Å². The van der Waals surface area contributed by atoms with E-state index in [1.165, 1.54) is 0 Å². The van der Waals surface area contributed by atoms with E-state index in [0.29, 0.717) is 12.5 Å². The molecule has 0 spiro atoms. The van der Waals surface area contributed by atoms with E-state index in [2.05, 4.69) is 44.6 Å². The fourth-order valence-electron chi connectivity index (χ4n) is 2.54. The quantitative estimate of drug-likeness (QED) is 0.309. The molecular weight excluding hydrogens is 485 g/mol. The van der Waals surface area contributed by atoms with Crippen molar-refractivity contribution in [2.24, 2.45) is 18.0 Å². The van der Waals surface area contributed by atoms with E-state index in [-0.39, 0.29) is 36.1 Å². The summed E-state index contributed by atoms with van der Waals surface area (Å²) in [6.07, 6.45) is 2.07. The molecule has 1 aromatic heterocycles. The van der Waals surface area contributed by atoms with Crippen LogP contribution in [0.1, 0.15) is 53.8 Å². The van der Waals surface area contributed by atoms with E-state index in [4.69, 9.17) is 4.74 Å². The molecule has 1 unspecified atom stereocenters. The minimum Gasteiger partial charge on any atom is -0.444 e. The Morgan fingerprint density at radius 1 is 1.38 bits per heavy atom. The predicted molar refractivity (Wildman–Crippen MR) is 126 cm³/mol. The van der Waals surface area contributed by atoms with Gasteiger partial charge >= 0.3 is 6.09 Å². The highest BCUT2D eigenvalue weighted by Gasteiger charge is 2.22. The topological polar surface area (TPSA) is 96.7 Å². The SMILES string of the molecule is CCNC(=NCc1nncn1C)N(C)CCC(NC(=O)OC(C)(C)C)C(C)C.I. The Bertz CT molecular complexity index is 641. The van der Waals surface area contributed by atoms with Gasteiger partial charge < -0.3 is 24.8 Å². The van der Waals surface area contributed by atoms with Gasteiger partial charge in [-0.3, -0.25) is 0 Å². The summed E-state index contributed by atoms with van der Waals surface area (Å²) in [5.74, 6) is 1.89. The fourth-order valence-corrected chi connectivity index (χ4v) is 2.54. The van der Waals surface area contributed by atoms with Crippen molar-refractivity contribution in [3.63, 3.8) is 0 Å². The summed E-state index contributed by atoms with van der Waals surface area (Å²) in [6, 6.07) is 0.0129. The molecule has 0 aliphatic heterocycles. The Kier molecular flexibility index (Phi) is 12.2. The lowest BCUT2D eigenvalue weighted by atomic mass is 10.0. The Balaban J connectivity index is 0.00000784. The maximum absolute atomic E-state index is 12.1. The highest BCUT2D eigenvalue weighted by Crippen LogP contribution is 2.11. The monoisotopic (exact) mass is 523 g/mol. The van der Waals surface area contributed by atoms with Gasteiger partial charge in [0.05, 0.1) is 0 Å². The number of aromatic nitrogens is 3. The van der Waals surface area contributed by atoms with E-state index in [0.717, 1.165) is 31.3 Å². The van der Waals surface area contributed by atoms with Gasteiger partial charge in [-0.25, -0.2) is 9.79 Å². The third-order valence-corrected chi connectivity index (χ3v) is 4.15. The molecule has 2 N–H and O–H groups in total. The molecule has 0 aliphatic rings. The number of nitrogens with one attached hydrogen (secondary N) is 2. The lowest BCUT2D eigenvalue weighted by Crippen LogP contribution is -2.45. The first-order valence-electron chi connectivity index (χ1n) is 9.85. The van der Waals surface area contributed by atoms with Crippen molar-refractivity contribution < 1.29 is 9.53 Å². The summed E-state index contributed by atoms with van der Waals surface area (Å²) in [4.78, 5) is 18.8. The molecule has 0 fully saturated rings. The number of carbonyl (C=O) groups excluding carboxylic acids is 1. The number of halogens is 1. The average Bonchev–Trinajstić information content (AvgIpc) is 2.98. The molecule has 0 saturated heterocycles. The van der Waals surface area contributed by atoms with Gasteiger partial charge in [-0.05, 0) is 40.0 Å². The van der Waals surface area contributed by atoms with Crippen LogP contribution in [0.15, 0.2) is 11.3 Å². The van der Waals surface area contributed by atoms with Crippen LogP contribution in [0.2, 0.25) is 0 Å². The van der Waals surface area contributed by atoms with Crippen molar-refractivity contribution in [3.05, 3.63) is 12.2 Å². The van der Waals surface area contributed by atoms with Crippen LogP contribution in [0.3, 0.4) is 0 Å². The second-order valence-corrected chi connectivity index (χ2v) is 8.24.